The molecule has 0 radical (unpaired) electrons. The summed E-state index contributed by atoms with van der Waals surface area (Å²) in [5.74, 6) is -0.335. The number of methoxy groups -OCH3 is 2. The quantitative estimate of drug-likeness (QED) is 0.811. The van der Waals surface area contributed by atoms with Crippen LogP contribution in [0.4, 0.5) is 0 Å². The Bertz CT molecular complexity index is 383. The van der Waals surface area contributed by atoms with Crippen molar-refractivity contribution in [2.75, 3.05) is 14.2 Å². The molecule has 0 unspecified atom stereocenters. The van der Waals surface area contributed by atoms with Gasteiger partial charge < -0.3 is 14.6 Å². The van der Waals surface area contributed by atoms with E-state index in [1.54, 1.807) is 0 Å². The van der Waals surface area contributed by atoms with Crippen molar-refractivity contribution in [3.63, 3.8) is 0 Å². The number of carbonyl (C=O) groups is 1. The highest BCUT2D eigenvalue weighted by molar-refractivity contribution is 6.31. The van der Waals surface area contributed by atoms with Gasteiger partial charge in [-0.2, -0.15) is 0 Å². The van der Waals surface area contributed by atoms with Crippen LogP contribution in [0.25, 0.3) is 0 Å². The van der Waals surface area contributed by atoms with E-state index in [4.69, 9.17) is 16.3 Å². The second-order valence-corrected chi connectivity index (χ2v) is 3.42. The molecule has 0 aliphatic heterocycles. The number of ether oxygens (including phenoxy) is 2. The Morgan fingerprint density at radius 2 is 2.31 bits per heavy atom. The third-order valence-electron chi connectivity index (χ3n) is 2.01. The van der Waals surface area contributed by atoms with Gasteiger partial charge in [0.1, 0.15) is 0 Å². The molecular weight excluding hydrogens is 234 g/mol. The standard InChI is InChI=1S/C10H12ClNO4/c1-15-8(14)5-7(13)9-6(11)3-4-12-10(9)16-2/h3-4,7,13H,5H2,1-2H3/t7-/m1/s1. The molecule has 1 atom stereocenters. The van der Waals surface area contributed by atoms with Crippen molar-refractivity contribution >= 4 is 17.6 Å². The summed E-state index contributed by atoms with van der Waals surface area (Å²) in [4.78, 5) is 14.9. The van der Waals surface area contributed by atoms with Gasteiger partial charge in [-0.15, -0.1) is 0 Å². The van der Waals surface area contributed by atoms with E-state index >= 15 is 0 Å². The van der Waals surface area contributed by atoms with Crippen molar-refractivity contribution < 1.29 is 19.4 Å². The normalized spacial score (nSPS) is 12.0. The molecule has 0 aliphatic carbocycles. The minimum Gasteiger partial charge on any atom is -0.481 e. The number of halogens is 1. The van der Waals surface area contributed by atoms with Crippen LogP contribution in [0.3, 0.4) is 0 Å². The van der Waals surface area contributed by atoms with Gasteiger partial charge in [0.2, 0.25) is 5.88 Å². The first kappa shape index (κ1) is 12.7. The maximum atomic E-state index is 11.0. The molecule has 16 heavy (non-hydrogen) atoms. The van der Waals surface area contributed by atoms with Crippen molar-refractivity contribution in [1.29, 1.82) is 0 Å². The van der Waals surface area contributed by atoms with Crippen LogP contribution in [0, 0.1) is 0 Å². The summed E-state index contributed by atoms with van der Waals surface area (Å²) in [5, 5.41) is 10.1. The predicted octanol–water partition coefficient (Wildman–Crippen LogP) is 1.34. The van der Waals surface area contributed by atoms with E-state index in [-0.39, 0.29) is 17.9 Å². The lowest BCUT2D eigenvalue weighted by Crippen LogP contribution is -2.10. The molecule has 1 rings (SSSR count). The number of esters is 1. The number of aliphatic hydroxyl groups is 1. The van der Waals surface area contributed by atoms with Gasteiger partial charge >= 0.3 is 5.97 Å². The van der Waals surface area contributed by atoms with Crippen LogP contribution in [-0.4, -0.2) is 30.3 Å². The molecule has 0 saturated heterocycles. The van der Waals surface area contributed by atoms with Gasteiger partial charge in [0.15, 0.2) is 0 Å². The van der Waals surface area contributed by atoms with E-state index < -0.39 is 12.1 Å². The molecule has 0 amide bonds. The molecule has 0 aliphatic rings. The topological polar surface area (TPSA) is 68.7 Å². The highest BCUT2D eigenvalue weighted by Crippen LogP contribution is 2.31. The zero-order valence-corrected chi connectivity index (χ0v) is 9.69. The van der Waals surface area contributed by atoms with Crippen molar-refractivity contribution in [2.24, 2.45) is 0 Å². The van der Waals surface area contributed by atoms with E-state index in [1.807, 2.05) is 0 Å². The molecule has 0 fully saturated rings. The van der Waals surface area contributed by atoms with Gasteiger partial charge in [0, 0.05) is 6.20 Å². The fourth-order valence-electron chi connectivity index (χ4n) is 1.24. The largest absolute Gasteiger partial charge is 0.481 e. The molecule has 1 heterocycles. The van der Waals surface area contributed by atoms with Gasteiger partial charge in [0.05, 0.1) is 37.3 Å². The minimum atomic E-state index is -1.09. The number of pyridine rings is 1. The van der Waals surface area contributed by atoms with Crippen LogP contribution in [0.15, 0.2) is 12.3 Å². The van der Waals surface area contributed by atoms with Gasteiger partial charge in [-0.1, -0.05) is 11.6 Å². The van der Waals surface area contributed by atoms with E-state index in [9.17, 15) is 9.90 Å². The lowest BCUT2D eigenvalue weighted by molar-refractivity contribution is -0.142. The number of rotatable bonds is 4. The summed E-state index contributed by atoms with van der Waals surface area (Å²) in [6, 6.07) is 1.51. The maximum absolute atomic E-state index is 11.0. The van der Waals surface area contributed by atoms with Crippen LogP contribution >= 0.6 is 11.6 Å². The summed E-state index contributed by atoms with van der Waals surface area (Å²) in [5.41, 5.74) is 0.289. The Morgan fingerprint density at radius 1 is 1.62 bits per heavy atom. The molecule has 1 aromatic rings. The van der Waals surface area contributed by atoms with Crippen molar-refractivity contribution in [1.82, 2.24) is 4.98 Å². The van der Waals surface area contributed by atoms with Crippen molar-refractivity contribution in [3.8, 4) is 5.88 Å². The van der Waals surface area contributed by atoms with Gasteiger partial charge in [-0.3, -0.25) is 4.79 Å². The van der Waals surface area contributed by atoms with Gasteiger partial charge in [-0.05, 0) is 6.07 Å². The Kier molecular flexibility index (Phi) is 4.52. The van der Waals surface area contributed by atoms with Crippen molar-refractivity contribution in [3.05, 3.63) is 22.8 Å². The summed E-state index contributed by atoms with van der Waals surface area (Å²) >= 11 is 5.90. The first-order valence-electron chi connectivity index (χ1n) is 4.53. The van der Waals surface area contributed by atoms with Crippen LogP contribution in [0.1, 0.15) is 18.1 Å². The lowest BCUT2D eigenvalue weighted by Gasteiger charge is -2.14. The SMILES string of the molecule is COC(=O)C[C@@H](O)c1c(Cl)ccnc1OC. The van der Waals surface area contributed by atoms with E-state index in [0.717, 1.165) is 0 Å². The number of hydrogen-bond acceptors (Lipinski definition) is 5. The van der Waals surface area contributed by atoms with E-state index in [2.05, 4.69) is 9.72 Å². The fourth-order valence-corrected chi connectivity index (χ4v) is 1.50. The Morgan fingerprint density at radius 3 is 2.88 bits per heavy atom. The molecular formula is C10H12ClNO4. The Balaban J connectivity index is 2.97. The molecule has 0 saturated carbocycles. The lowest BCUT2D eigenvalue weighted by atomic mass is 10.1. The van der Waals surface area contributed by atoms with E-state index in [0.29, 0.717) is 5.02 Å². The summed E-state index contributed by atoms with van der Waals surface area (Å²) < 4.78 is 9.41. The summed E-state index contributed by atoms with van der Waals surface area (Å²) in [7, 11) is 2.66. The molecule has 0 bridgehead atoms. The summed E-state index contributed by atoms with van der Waals surface area (Å²) in [6.07, 6.45) is 0.164. The Hall–Kier alpha value is -1.33. The maximum Gasteiger partial charge on any atom is 0.308 e. The van der Waals surface area contributed by atoms with Crippen LogP contribution < -0.4 is 4.74 Å². The first-order chi connectivity index (χ1) is 7.60. The molecule has 88 valence electrons. The molecule has 5 nitrogen and oxygen atoms in total. The van der Waals surface area contributed by atoms with Crippen LogP contribution in [0.2, 0.25) is 5.02 Å². The molecule has 1 aromatic heterocycles. The second-order valence-electron chi connectivity index (χ2n) is 3.01. The average molecular weight is 246 g/mol. The fraction of sp³-hybridized carbons (Fsp3) is 0.400. The first-order valence-corrected chi connectivity index (χ1v) is 4.91. The van der Waals surface area contributed by atoms with Crippen LogP contribution in [0.5, 0.6) is 5.88 Å². The molecule has 6 heteroatoms. The zero-order chi connectivity index (χ0) is 12.1. The number of hydrogen-bond donors (Lipinski definition) is 1. The van der Waals surface area contributed by atoms with Crippen LogP contribution in [-0.2, 0) is 9.53 Å². The van der Waals surface area contributed by atoms with E-state index in [1.165, 1.54) is 26.5 Å². The number of aliphatic hydroxyl groups excluding tert-OH is 1. The van der Waals surface area contributed by atoms with Crippen molar-refractivity contribution in [2.45, 2.75) is 12.5 Å². The monoisotopic (exact) mass is 245 g/mol. The Labute approximate surface area is 98.0 Å². The zero-order valence-electron chi connectivity index (χ0n) is 8.94. The van der Waals surface area contributed by atoms with Gasteiger partial charge in [-0.25, -0.2) is 4.98 Å². The smallest absolute Gasteiger partial charge is 0.308 e. The predicted molar refractivity (Wildman–Crippen MR) is 57.4 cm³/mol. The highest BCUT2D eigenvalue weighted by atomic mass is 35.5. The third kappa shape index (κ3) is 2.84. The minimum absolute atomic E-state index is 0.196. The highest BCUT2D eigenvalue weighted by Gasteiger charge is 2.21. The number of carbonyl (C=O) groups excluding carboxylic acids is 1. The average Bonchev–Trinajstić information content (AvgIpc) is 2.28. The number of nitrogens with zero attached hydrogens (tertiary/aromatic N) is 1. The second kappa shape index (κ2) is 5.67. The number of aromatic nitrogens is 1. The molecule has 0 spiro atoms. The third-order valence-corrected chi connectivity index (χ3v) is 2.34. The molecule has 1 N–H and O–H groups in total. The summed E-state index contributed by atoms with van der Waals surface area (Å²) in [6.45, 7) is 0. The molecule has 0 aromatic carbocycles. The van der Waals surface area contributed by atoms with Gasteiger partial charge in [0.25, 0.3) is 0 Å².